The molecule has 8 fully saturated rings. The van der Waals surface area contributed by atoms with Gasteiger partial charge in [-0.2, -0.15) is 0 Å². The fourth-order valence-electron chi connectivity index (χ4n) is 19.4. The molecule has 16 heteroatoms. The second-order valence-corrected chi connectivity index (χ2v) is 32.3. The summed E-state index contributed by atoms with van der Waals surface area (Å²) in [5.74, 6) is 0.312. The number of benzene rings is 3. The van der Waals surface area contributed by atoms with E-state index >= 15 is 0 Å². The smallest absolute Gasteiger partial charge is 0.338 e. The Morgan fingerprint density at radius 3 is 1.63 bits per heavy atom. The number of Topliss-reactive ketones (excluding diaryl/α,β-unsaturated/α-hetero) is 2. The first kappa shape index (κ1) is 74.3. The maximum absolute atomic E-state index is 14.6. The predicted octanol–water partition coefficient (Wildman–Crippen LogP) is 15.8. The van der Waals surface area contributed by atoms with Crippen LogP contribution in [0.4, 0.5) is 0 Å². The fourth-order valence-corrected chi connectivity index (χ4v) is 19.4. The van der Waals surface area contributed by atoms with E-state index in [9.17, 15) is 24.0 Å². The van der Waals surface area contributed by atoms with Crippen molar-refractivity contribution in [3.05, 3.63) is 108 Å². The van der Waals surface area contributed by atoms with Crippen LogP contribution < -0.4 is 0 Å². The van der Waals surface area contributed by atoms with Crippen molar-refractivity contribution in [1.82, 2.24) is 0 Å². The normalized spacial score (nSPS) is 41.5. The van der Waals surface area contributed by atoms with Gasteiger partial charge >= 0.3 is 17.9 Å². The molecule has 30 atom stereocenters. The van der Waals surface area contributed by atoms with E-state index < -0.39 is 73.2 Å². The molecule has 4 aliphatic carbocycles. The van der Waals surface area contributed by atoms with Gasteiger partial charge in [0.05, 0.1) is 59.9 Å². The maximum atomic E-state index is 14.6. The lowest BCUT2D eigenvalue weighted by molar-refractivity contribution is -0.352. The van der Waals surface area contributed by atoms with Crippen molar-refractivity contribution in [2.24, 2.45) is 99.6 Å². The Kier molecular flexibility index (Phi) is 24.1. The summed E-state index contributed by atoms with van der Waals surface area (Å²) in [7, 11) is 0. The van der Waals surface area contributed by atoms with Crippen LogP contribution in [0.1, 0.15) is 212 Å². The molecule has 0 radical (unpaired) electrons. The Hall–Kier alpha value is -4.91. The van der Waals surface area contributed by atoms with Crippen molar-refractivity contribution < 1.29 is 76.1 Å². The van der Waals surface area contributed by atoms with Crippen molar-refractivity contribution >= 4 is 29.5 Å². The molecule has 98 heavy (non-hydrogen) atoms. The molecular formula is C82H116O16. The molecular weight excluding hydrogens is 1240 g/mol. The molecule has 0 aromatic heterocycles. The van der Waals surface area contributed by atoms with Crippen molar-refractivity contribution in [3.63, 3.8) is 0 Å². The highest BCUT2D eigenvalue weighted by atomic mass is 16.7. The summed E-state index contributed by atoms with van der Waals surface area (Å²) in [5, 5.41) is 0. The van der Waals surface area contributed by atoms with Gasteiger partial charge in [-0.05, 0) is 172 Å². The molecule has 0 N–H and O–H groups in total. The van der Waals surface area contributed by atoms with Gasteiger partial charge in [0.2, 0.25) is 0 Å². The molecule has 0 amide bonds. The predicted molar refractivity (Wildman–Crippen MR) is 371 cm³/mol. The van der Waals surface area contributed by atoms with Crippen LogP contribution >= 0.6 is 0 Å². The highest BCUT2D eigenvalue weighted by Gasteiger charge is 2.64. The maximum Gasteiger partial charge on any atom is 0.338 e. The SMILES string of the molecule is CCC1O[C@@H](O[C@@H]2C(CC)O[C@@H](O[C@H]3C(COC(=O)c4ccccc4)O[C@@H](OC4CCC5(C)C(CCC6C5CCC5(C)C6CC(=O)C5[C@H](C)C(=O)CC[C@H](C)CO[C@@H]5OC(C)[C@@H](C)[C@H](OC(=O)c6ccccc6)C5OC(=O)c5ccccc5)C4)C(C)[C@H]3C)C(C)[C@H]2C)C(C)[C@@H](C)[C@@H]1C. The zero-order valence-corrected chi connectivity index (χ0v) is 61.3. The average Bonchev–Trinajstić information content (AvgIpc) is 1.43. The van der Waals surface area contributed by atoms with Crippen LogP contribution in [0.2, 0.25) is 0 Å². The van der Waals surface area contributed by atoms with Gasteiger partial charge in [-0.25, -0.2) is 14.4 Å². The summed E-state index contributed by atoms with van der Waals surface area (Å²) in [5.41, 5.74) is 1.02. The summed E-state index contributed by atoms with van der Waals surface area (Å²) < 4.78 is 73.3. The second kappa shape index (κ2) is 31.8. The van der Waals surface area contributed by atoms with E-state index in [-0.39, 0.29) is 120 Å². The lowest BCUT2D eigenvalue weighted by Gasteiger charge is -2.61. The minimum atomic E-state index is -1.07. The Balaban J connectivity index is 0.696. The van der Waals surface area contributed by atoms with E-state index in [0.717, 1.165) is 57.8 Å². The van der Waals surface area contributed by atoms with Crippen LogP contribution in [0, 0.1) is 99.6 Å². The van der Waals surface area contributed by atoms with Gasteiger partial charge in [0.25, 0.3) is 0 Å². The number of ketones is 2. The molecule has 3 aromatic rings. The molecule has 3 aromatic carbocycles. The summed E-state index contributed by atoms with van der Waals surface area (Å²) in [6.07, 6.45) is 3.86. The van der Waals surface area contributed by atoms with E-state index in [0.29, 0.717) is 65.5 Å². The van der Waals surface area contributed by atoms with Gasteiger partial charge in [-0.15, -0.1) is 0 Å². The van der Waals surface area contributed by atoms with E-state index in [2.05, 4.69) is 76.2 Å². The molecule has 4 aliphatic heterocycles. The molecule has 16 unspecified atom stereocenters. The van der Waals surface area contributed by atoms with Crippen molar-refractivity contribution in [2.75, 3.05) is 13.2 Å². The van der Waals surface area contributed by atoms with Crippen LogP contribution in [-0.4, -0.2) is 123 Å². The number of carbonyl (C=O) groups is 5. The van der Waals surface area contributed by atoms with Gasteiger partial charge < -0.3 is 52.1 Å². The zero-order chi connectivity index (χ0) is 70.1. The van der Waals surface area contributed by atoms with Crippen LogP contribution in [0.3, 0.4) is 0 Å². The summed E-state index contributed by atoms with van der Waals surface area (Å²) >= 11 is 0. The monoisotopic (exact) mass is 1360 g/mol. The van der Waals surface area contributed by atoms with Crippen LogP contribution in [-0.2, 0) is 61.7 Å². The first-order valence-corrected chi connectivity index (χ1v) is 37.8. The highest BCUT2D eigenvalue weighted by Crippen LogP contribution is 2.68. The molecule has 0 bridgehead atoms. The Morgan fingerprint density at radius 2 is 1.04 bits per heavy atom. The molecule has 0 spiro atoms. The van der Waals surface area contributed by atoms with Gasteiger partial charge in [-0.1, -0.05) is 152 Å². The largest absolute Gasteiger partial charge is 0.459 e. The summed E-state index contributed by atoms with van der Waals surface area (Å²) in [6, 6.07) is 26.5. The second-order valence-electron chi connectivity index (χ2n) is 32.3. The van der Waals surface area contributed by atoms with Crippen LogP contribution in [0.15, 0.2) is 91.0 Å². The lowest BCUT2D eigenvalue weighted by Crippen LogP contribution is -2.59. The molecule has 4 heterocycles. The number of hydrogen-bond donors (Lipinski definition) is 0. The van der Waals surface area contributed by atoms with Crippen molar-refractivity contribution in [2.45, 2.75) is 261 Å². The van der Waals surface area contributed by atoms with E-state index in [1.807, 2.05) is 58.0 Å². The number of carbonyl (C=O) groups excluding carboxylic acids is 5. The Labute approximate surface area is 584 Å². The minimum absolute atomic E-state index is 0.00517. The minimum Gasteiger partial charge on any atom is -0.459 e. The zero-order valence-electron chi connectivity index (χ0n) is 61.3. The Morgan fingerprint density at radius 1 is 0.520 bits per heavy atom. The summed E-state index contributed by atoms with van der Waals surface area (Å²) in [4.78, 5) is 69.8. The lowest BCUT2D eigenvalue weighted by atomic mass is 9.44. The number of fused-ring (bicyclic) bond motifs is 5. The number of esters is 3. The van der Waals surface area contributed by atoms with E-state index in [4.69, 9.17) is 52.1 Å². The van der Waals surface area contributed by atoms with Gasteiger partial charge in [-0.3, -0.25) is 9.59 Å². The molecule has 4 saturated heterocycles. The first-order chi connectivity index (χ1) is 46.8. The van der Waals surface area contributed by atoms with Gasteiger partial charge in [0.15, 0.2) is 31.3 Å². The quantitative estimate of drug-likeness (QED) is 0.0495. The molecule has 540 valence electrons. The number of rotatable bonds is 23. The fraction of sp³-hybridized carbons (Fsp3) is 0.720. The number of hydrogen-bond acceptors (Lipinski definition) is 16. The van der Waals surface area contributed by atoms with Crippen molar-refractivity contribution in [1.29, 1.82) is 0 Å². The average molecular weight is 1360 g/mol. The van der Waals surface area contributed by atoms with Gasteiger partial charge in [0, 0.05) is 48.3 Å². The molecule has 8 aliphatic rings. The van der Waals surface area contributed by atoms with Crippen LogP contribution in [0.25, 0.3) is 0 Å². The number of ether oxygens (including phenoxy) is 11. The summed E-state index contributed by atoms with van der Waals surface area (Å²) in [6.45, 7) is 32.9. The third-order valence-corrected chi connectivity index (χ3v) is 26.7. The molecule has 4 saturated carbocycles. The van der Waals surface area contributed by atoms with E-state index in [1.54, 1.807) is 60.7 Å². The third-order valence-electron chi connectivity index (χ3n) is 26.7. The highest BCUT2D eigenvalue weighted by molar-refractivity contribution is 5.92. The van der Waals surface area contributed by atoms with Crippen LogP contribution in [0.5, 0.6) is 0 Å². The van der Waals surface area contributed by atoms with Crippen molar-refractivity contribution in [3.8, 4) is 0 Å². The molecule has 11 rings (SSSR count). The van der Waals surface area contributed by atoms with E-state index in [1.165, 1.54) is 0 Å². The Bertz CT molecular complexity index is 3140. The standard InChI is InChI=1S/C82H116O16/c1-16-66-47(5)46(4)50(8)78(92-66)97-70-48(6)52(10)79(93-67(70)17-2)98-71-49(7)51(9)77(94-68(71)44-88-74(85)56-27-21-18-22-28-56)91-60-37-39-81(14)59(41-60)34-35-61-62(81)38-40-82(15)63(61)42-65(84)69(82)54(12)64(83)36-33-45(3)43-89-80-73(96-76(87)58-31-25-20-26-32-58)72(53(11)55(13)90-80)95-75(86)57-29-23-19-24-30-57/h18-32,45-55,59-63,66-73,77-80H,16-17,33-44H2,1-15H3/t45-,46-,47-,48+,49+,50?,51?,52?,53+,54+,55?,59?,60?,61?,62?,63?,66?,67?,68?,69?,70-,71+,72-,73?,77+,78-,79-,80+,81?,82?/m0/s1. The molecule has 16 nitrogen and oxygen atoms in total. The van der Waals surface area contributed by atoms with Gasteiger partial charge in [0.1, 0.15) is 30.4 Å². The topological polar surface area (TPSA) is 187 Å². The third kappa shape index (κ3) is 15.4. The first-order valence-electron chi connectivity index (χ1n) is 37.8.